The second kappa shape index (κ2) is 9.06. The van der Waals surface area contributed by atoms with Gasteiger partial charge in [-0.15, -0.1) is 0 Å². The van der Waals surface area contributed by atoms with Gasteiger partial charge in [0.25, 0.3) is 0 Å². The highest BCUT2D eigenvalue weighted by molar-refractivity contribution is 5.30. The van der Waals surface area contributed by atoms with Gasteiger partial charge in [-0.25, -0.2) is 0 Å². The smallest absolute Gasteiger partial charge is 0.119 e. The standard InChI is InChI=1S/C18H31NO2/c1-13(2)10-15(5)21-18(12-19-14(3)4)16-8-7-9-17(11-16)20-6/h7-9,11,13-15,18-19H,10,12H2,1-6H3. The first-order valence-electron chi connectivity index (χ1n) is 7.95. The molecule has 0 radical (unpaired) electrons. The summed E-state index contributed by atoms with van der Waals surface area (Å²) >= 11 is 0. The fourth-order valence-electron chi connectivity index (χ4n) is 2.43. The molecule has 3 nitrogen and oxygen atoms in total. The van der Waals surface area contributed by atoms with E-state index in [1.54, 1.807) is 7.11 Å². The molecule has 0 fully saturated rings. The average molecular weight is 293 g/mol. The fraction of sp³-hybridized carbons (Fsp3) is 0.667. The fourth-order valence-corrected chi connectivity index (χ4v) is 2.43. The third-order valence-corrected chi connectivity index (χ3v) is 3.38. The molecule has 0 bridgehead atoms. The topological polar surface area (TPSA) is 30.5 Å². The van der Waals surface area contributed by atoms with Gasteiger partial charge in [-0.05, 0) is 37.0 Å². The molecule has 120 valence electrons. The van der Waals surface area contributed by atoms with E-state index in [-0.39, 0.29) is 12.2 Å². The van der Waals surface area contributed by atoms with Crippen molar-refractivity contribution in [2.45, 2.75) is 59.3 Å². The second-order valence-electron chi connectivity index (χ2n) is 6.40. The van der Waals surface area contributed by atoms with Crippen molar-refractivity contribution in [3.63, 3.8) is 0 Å². The molecule has 0 heterocycles. The Kier molecular flexibility index (Phi) is 7.76. The summed E-state index contributed by atoms with van der Waals surface area (Å²) in [4.78, 5) is 0. The maximum Gasteiger partial charge on any atom is 0.119 e. The highest BCUT2D eigenvalue weighted by Gasteiger charge is 2.17. The van der Waals surface area contributed by atoms with E-state index in [9.17, 15) is 0 Å². The summed E-state index contributed by atoms with van der Waals surface area (Å²) in [6, 6.07) is 8.61. The Morgan fingerprint density at radius 3 is 2.38 bits per heavy atom. The predicted molar refractivity (Wildman–Crippen MR) is 88.9 cm³/mol. The summed E-state index contributed by atoms with van der Waals surface area (Å²) in [5, 5.41) is 3.47. The molecule has 2 atom stereocenters. The van der Waals surface area contributed by atoms with Gasteiger partial charge in [-0.3, -0.25) is 0 Å². The van der Waals surface area contributed by atoms with Gasteiger partial charge in [0.15, 0.2) is 0 Å². The largest absolute Gasteiger partial charge is 0.497 e. The number of hydrogen-bond donors (Lipinski definition) is 1. The first-order chi connectivity index (χ1) is 9.92. The van der Waals surface area contributed by atoms with E-state index in [1.807, 2.05) is 12.1 Å². The molecule has 0 aliphatic rings. The molecule has 3 heteroatoms. The third-order valence-electron chi connectivity index (χ3n) is 3.38. The summed E-state index contributed by atoms with van der Waals surface area (Å²) in [5.74, 6) is 1.52. The van der Waals surface area contributed by atoms with Crippen molar-refractivity contribution in [3.05, 3.63) is 29.8 Å². The van der Waals surface area contributed by atoms with E-state index >= 15 is 0 Å². The molecular weight excluding hydrogens is 262 g/mol. The van der Waals surface area contributed by atoms with Crippen molar-refractivity contribution in [3.8, 4) is 5.75 Å². The van der Waals surface area contributed by atoms with Gasteiger partial charge in [0.05, 0.1) is 19.3 Å². The highest BCUT2D eigenvalue weighted by atomic mass is 16.5. The summed E-state index contributed by atoms with van der Waals surface area (Å²) in [6.45, 7) is 11.7. The van der Waals surface area contributed by atoms with Crippen molar-refractivity contribution in [1.82, 2.24) is 5.32 Å². The van der Waals surface area contributed by atoms with Crippen LogP contribution in [0.2, 0.25) is 0 Å². The zero-order chi connectivity index (χ0) is 15.8. The maximum absolute atomic E-state index is 6.28. The van der Waals surface area contributed by atoms with Crippen LogP contribution in [0.25, 0.3) is 0 Å². The minimum atomic E-state index is 0.0521. The van der Waals surface area contributed by atoms with Crippen LogP contribution in [0.3, 0.4) is 0 Å². The van der Waals surface area contributed by atoms with Gasteiger partial charge in [0, 0.05) is 12.6 Å². The van der Waals surface area contributed by atoms with Gasteiger partial charge in [0.1, 0.15) is 5.75 Å². The lowest BCUT2D eigenvalue weighted by atomic mass is 10.1. The Bertz CT molecular complexity index is 404. The van der Waals surface area contributed by atoms with Crippen LogP contribution in [0, 0.1) is 5.92 Å². The number of benzene rings is 1. The lowest BCUT2D eigenvalue weighted by Crippen LogP contribution is -2.31. The Balaban J connectivity index is 2.79. The first-order valence-corrected chi connectivity index (χ1v) is 7.95. The predicted octanol–water partition coefficient (Wildman–Crippen LogP) is 4.19. The molecule has 0 aliphatic carbocycles. The van der Waals surface area contributed by atoms with E-state index in [0.717, 1.165) is 24.3 Å². The highest BCUT2D eigenvalue weighted by Crippen LogP contribution is 2.24. The number of methoxy groups -OCH3 is 1. The van der Waals surface area contributed by atoms with Crippen LogP contribution in [-0.4, -0.2) is 25.8 Å². The Morgan fingerprint density at radius 1 is 1.10 bits per heavy atom. The molecule has 1 aromatic rings. The van der Waals surface area contributed by atoms with Gasteiger partial charge >= 0.3 is 0 Å². The second-order valence-corrected chi connectivity index (χ2v) is 6.40. The molecule has 1 rings (SSSR count). The zero-order valence-corrected chi connectivity index (χ0v) is 14.3. The molecular formula is C18H31NO2. The van der Waals surface area contributed by atoms with Crippen LogP contribution in [0.15, 0.2) is 24.3 Å². The molecule has 21 heavy (non-hydrogen) atoms. The van der Waals surface area contributed by atoms with Crippen LogP contribution < -0.4 is 10.1 Å². The van der Waals surface area contributed by atoms with Gasteiger partial charge in [0.2, 0.25) is 0 Å². The number of nitrogens with one attached hydrogen (secondary N) is 1. The van der Waals surface area contributed by atoms with E-state index in [0.29, 0.717) is 12.0 Å². The lowest BCUT2D eigenvalue weighted by molar-refractivity contribution is -0.0135. The SMILES string of the molecule is COc1cccc(C(CNC(C)C)OC(C)CC(C)C)c1. The molecule has 1 aromatic carbocycles. The molecule has 0 aromatic heterocycles. The molecule has 0 spiro atoms. The van der Waals surface area contributed by atoms with Gasteiger partial charge in [-0.2, -0.15) is 0 Å². The van der Waals surface area contributed by atoms with Crippen LogP contribution in [-0.2, 0) is 4.74 Å². The number of ether oxygens (including phenoxy) is 2. The molecule has 2 unspecified atom stereocenters. The summed E-state index contributed by atoms with van der Waals surface area (Å²) in [5.41, 5.74) is 1.16. The zero-order valence-electron chi connectivity index (χ0n) is 14.3. The molecule has 0 saturated carbocycles. The van der Waals surface area contributed by atoms with Crippen molar-refractivity contribution < 1.29 is 9.47 Å². The van der Waals surface area contributed by atoms with E-state index in [1.165, 1.54) is 0 Å². The maximum atomic E-state index is 6.28. The first kappa shape index (κ1) is 18.0. The molecule has 0 saturated heterocycles. The Hall–Kier alpha value is -1.06. The summed E-state index contributed by atoms with van der Waals surface area (Å²) in [6.07, 6.45) is 1.37. The monoisotopic (exact) mass is 293 g/mol. The van der Waals surface area contributed by atoms with E-state index in [2.05, 4.69) is 52.1 Å². The van der Waals surface area contributed by atoms with Crippen molar-refractivity contribution in [2.24, 2.45) is 5.92 Å². The van der Waals surface area contributed by atoms with Crippen LogP contribution in [0.1, 0.15) is 52.7 Å². The minimum Gasteiger partial charge on any atom is -0.497 e. The minimum absolute atomic E-state index is 0.0521. The van der Waals surface area contributed by atoms with Crippen molar-refractivity contribution >= 4 is 0 Å². The average Bonchev–Trinajstić information content (AvgIpc) is 2.42. The third kappa shape index (κ3) is 6.96. The lowest BCUT2D eigenvalue weighted by Gasteiger charge is -2.25. The normalized spacial score (nSPS) is 14.5. The Labute approximate surface area is 130 Å². The van der Waals surface area contributed by atoms with Crippen molar-refractivity contribution in [1.29, 1.82) is 0 Å². The van der Waals surface area contributed by atoms with Crippen LogP contribution in [0.5, 0.6) is 5.75 Å². The van der Waals surface area contributed by atoms with Crippen molar-refractivity contribution in [2.75, 3.05) is 13.7 Å². The summed E-state index contributed by atoms with van der Waals surface area (Å²) in [7, 11) is 1.70. The van der Waals surface area contributed by atoms with Crippen LogP contribution >= 0.6 is 0 Å². The molecule has 1 N–H and O–H groups in total. The molecule has 0 amide bonds. The quantitative estimate of drug-likeness (QED) is 0.740. The van der Waals surface area contributed by atoms with E-state index < -0.39 is 0 Å². The molecule has 0 aliphatic heterocycles. The number of rotatable bonds is 9. The van der Waals surface area contributed by atoms with Gasteiger partial charge < -0.3 is 14.8 Å². The van der Waals surface area contributed by atoms with Gasteiger partial charge in [-0.1, -0.05) is 39.8 Å². The number of hydrogen-bond acceptors (Lipinski definition) is 3. The summed E-state index contributed by atoms with van der Waals surface area (Å²) < 4.78 is 11.6. The van der Waals surface area contributed by atoms with Crippen LogP contribution in [0.4, 0.5) is 0 Å². The van der Waals surface area contributed by atoms with E-state index in [4.69, 9.17) is 9.47 Å². The Morgan fingerprint density at radius 2 is 1.81 bits per heavy atom.